The number of hydrogen-bond acceptors (Lipinski definition) is 7. The average Bonchev–Trinajstić information content (AvgIpc) is 2.86. The molecule has 1 saturated heterocycles. The van der Waals surface area contributed by atoms with Gasteiger partial charge in [0.2, 0.25) is 0 Å². The minimum absolute atomic E-state index is 0.0468. The summed E-state index contributed by atoms with van der Waals surface area (Å²) in [7, 11) is 0. The third kappa shape index (κ3) is 8.37. The summed E-state index contributed by atoms with van der Waals surface area (Å²) in [6, 6.07) is 3.07. The lowest BCUT2D eigenvalue weighted by molar-refractivity contribution is -0.137. The van der Waals surface area contributed by atoms with Crippen molar-refractivity contribution >= 4 is 17.6 Å². The van der Waals surface area contributed by atoms with Gasteiger partial charge in [0.05, 0.1) is 30.6 Å². The highest BCUT2D eigenvalue weighted by Gasteiger charge is 2.20. The molecule has 0 bridgehead atoms. The van der Waals surface area contributed by atoms with Crippen molar-refractivity contribution in [3.05, 3.63) is 65.8 Å². The van der Waals surface area contributed by atoms with E-state index >= 15 is 0 Å². The molecule has 36 heavy (non-hydrogen) atoms. The Balaban J connectivity index is 1.85. The van der Waals surface area contributed by atoms with Crippen molar-refractivity contribution in [3.63, 3.8) is 0 Å². The molecule has 194 valence electrons. The van der Waals surface area contributed by atoms with Crippen LogP contribution >= 0.6 is 0 Å². The average molecular weight is 497 g/mol. The number of benzene rings is 1. The topological polar surface area (TPSA) is 97.7 Å². The van der Waals surface area contributed by atoms with Crippen molar-refractivity contribution in [2.75, 3.05) is 32.9 Å². The Morgan fingerprint density at radius 1 is 1.28 bits per heavy atom. The molecule has 1 atom stereocenters. The third-order valence-electron chi connectivity index (χ3n) is 6.03. The third-order valence-corrected chi connectivity index (χ3v) is 6.03. The molecule has 1 unspecified atom stereocenters. The van der Waals surface area contributed by atoms with E-state index in [0.717, 1.165) is 32.4 Å². The number of hydrogen-bond donors (Lipinski definition) is 1. The van der Waals surface area contributed by atoms with Crippen LogP contribution in [0.4, 0.5) is 0 Å². The number of aryl methyl sites for hydroxylation is 1. The molecule has 0 aliphatic carbocycles. The summed E-state index contributed by atoms with van der Waals surface area (Å²) in [5.41, 5.74) is 2.08. The van der Waals surface area contributed by atoms with Gasteiger partial charge in [0.25, 0.3) is 5.91 Å². The van der Waals surface area contributed by atoms with Gasteiger partial charge >= 0.3 is 5.97 Å². The Kier molecular flexibility index (Phi) is 10.8. The Hall–Kier alpha value is -3.39. The predicted molar refractivity (Wildman–Crippen MR) is 138 cm³/mol. The second-order valence-electron chi connectivity index (χ2n) is 8.92. The van der Waals surface area contributed by atoms with Crippen LogP contribution in [-0.2, 0) is 25.5 Å². The number of amides is 1. The van der Waals surface area contributed by atoms with E-state index in [1.54, 1.807) is 24.0 Å². The fourth-order valence-corrected chi connectivity index (χ4v) is 4.26. The summed E-state index contributed by atoms with van der Waals surface area (Å²) in [5.74, 6) is -0.508. The van der Waals surface area contributed by atoms with Gasteiger partial charge in [0.15, 0.2) is 6.61 Å². The Labute approximate surface area is 212 Å². The molecular formula is C28H36N2O6. The first-order chi connectivity index (χ1) is 17.5. The number of oxime groups is 1. The van der Waals surface area contributed by atoms with E-state index in [1.807, 2.05) is 18.2 Å². The van der Waals surface area contributed by atoms with Crippen molar-refractivity contribution in [3.8, 4) is 5.75 Å². The summed E-state index contributed by atoms with van der Waals surface area (Å²) in [6.45, 7) is 7.42. The van der Waals surface area contributed by atoms with Crippen molar-refractivity contribution in [2.45, 2.75) is 51.6 Å². The van der Waals surface area contributed by atoms with Crippen LogP contribution in [0.25, 0.3) is 0 Å². The smallest absolute Gasteiger partial charge is 0.338 e. The van der Waals surface area contributed by atoms with Crippen molar-refractivity contribution in [2.24, 2.45) is 5.16 Å². The van der Waals surface area contributed by atoms with Crippen LogP contribution in [0.2, 0.25) is 0 Å². The van der Waals surface area contributed by atoms with Crippen molar-refractivity contribution < 1.29 is 29.0 Å². The molecule has 1 N–H and O–H groups in total. The minimum atomic E-state index is -0.461. The lowest BCUT2D eigenvalue weighted by Gasteiger charge is -2.26. The van der Waals surface area contributed by atoms with Gasteiger partial charge in [-0.15, -0.1) is 6.58 Å². The molecule has 1 amide bonds. The fourth-order valence-electron chi connectivity index (χ4n) is 4.26. The number of nitrogens with zero attached hydrogens (tertiary/aromatic N) is 2. The standard InChI is InChI=1S/C28H36N2O6/c1-3-15-34-25-11-5-8-16-35-28(33)27-21(2)17-24(31)19-22(27)18-23(10-9-12-25)29-36-20-26(32)30-13-6-4-7-14-30/h3,5,9-11,17,19,25,31H,1,4,6-8,12-16,18,20H2,2H3/b10-9+,11-5+,29-23-. The van der Waals surface area contributed by atoms with Crippen LogP contribution in [0, 0.1) is 6.92 Å². The van der Waals surface area contributed by atoms with E-state index in [0.29, 0.717) is 41.9 Å². The maximum absolute atomic E-state index is 12.9. The van der Waals surface area contributed by atoms with Crippen molar-refractivity contribution in [1.29, 1.82) is 0 Å². The zero-order chi connectivity index (χ0) is 25.8. The molecule has 3 rings (SSSR count). The van der Waals surface area contributed by atoms with E-state index in [4.69, 9.17) is 14.3 Å². The maximum Gasteiger partial charge on any atom is 0.338 e. The van der Waals surface area contributed by atoms with E-state index in [-0.39, 0.29) is 37.4 Å². The number of carbonyl (C=O) groups is 2. The molecule has 2 aliphatic heterocycles. The van der Waals surface area contributed by atoms with Crippen LogP contribution in [0.3, 0.4) is 0 Å². The second-order valence-corrected chi connectivity index (χ2v) is 8.92. The molecule has 2 heterocycles. The lowest BCUT2D eigenvalue weighted by atomic mass is 9.96. The van der Waals surface area contributed by atoms with Gasteiger partial charge in [-0.3, -0.25) is 4.79 Å². The number of aromatic hydroxyl groups is 1. The summed E-state index contributed by atoms with van der Waals surface area (Å²) in [4.78, 5) is 32.6. The molecule has 2 aliphatic rings. The van der Waals surface area contributed by atoms with Gasteiger partial charge in [-0.05, 0) is 68.4 Å². The van der Waals surface area contributed by atoms with Crippen LogP contribution in [0.15, 0.2) is 54.2 Å². The molecule has 1 aromatic rings. The SMILES string of the molecule is C=CCOC1/C=C/CCOC(=O)c2c(C)cc(O)cc2CC(=N\OCC(=O)N2CCCCC2)/C=C/C1. The number of phenols is 1. The normalized spacial score (nSPS) is 22.1. The maximum atomic E-state index is 12.9. The number of piperidine rings is 1. The molecule has 8 nitrogen and oxygen atoms in total. The molecule has 0 aromatic heterocycles. The number of fused-ring (bicyclic) bond motifs is 1. The summed E-state index contributed by atoms with van der Waals surface area (Å²) >= 11 is 0. The van der Waals surface area contributed by atoms with E-state index < -0.39 is 5.97 Å². The van der Waals surface area contributed by atoms with Crippen LogP contribution in [0.5, 0.6) is 5.75 Å². The number of cyclic esters (lactones) is 1. The second kappa shape index (κ2) is 14.2. The first-order valence-electron chi connectivity index (χ1n) is 12.5. The monoisotopic (exact) mass is 496 g/mol. The van der Waals surface area contributed by atoms with E-state index in [9.17, 15) is 14.7 Å². The van der Waals surface area contributed by atoms with E-state index in [1.165, 1.54) is 12.1 Å². The van der Waals surface area contributed by atoms with Gasteiger partial charge < -0.3 is 24.3 Å². The summed E-state index contributed by atoms with van der Waals surface area (Å²) in [5, 5.41) is 14.4. The lowest BCUT2D eigenvalue weighted by Crippen LogP contribution is -2.37. The number of allylic oxidation sites excluding steroid dienone is 1. The predicted octanol–water partition coefficient (Wildman–Crippen LogP) is 4.26. The number of ether oxygens (including phenoxy) is 2. The number of rotatable bonds is 6. The molecule has 1 aromatic carbocycles. The van der Waals surface area contributed by atoms with Crippen LogP contribution in [-0.4, -0.2) is 66.6 Å². The first kappa shape index (κ1) is 27.2. The van der Waals surface area contributed by atoms with Gasteiger partial charge in [0, 0.05) is 19.5 Å². The minimum Gasteiger partial charge on any atom is -0.508 e. The number of esters is 1. The summed E-state index contributed by atoms with van der Waals surface area (Å²) < 4.78 is 11.3. The summed E-state index contributed by atoms with van der Waals surface area (Å²) in [6.07, 6.45) is 13.6. The number of likely N-dealkylation sites (tertiary alicyclic amines) is 1. The van der Waals surface area contributed by atoms with Crippen LogP contribution in [0.1, 0.15) is 53.6 Å². The Morgan fingerprint density at radius 2 is 2.08 bits per heavy atom. The Bertz CT molecular complexity index is 1010. The highest BCUT2D eigenvalue weighted by atomic mass is 16.6. The number of phenolic OH excluding ortho intramolecular Hbond substituents is 1. The molecule has 8 heteroatoms. The highest BCUT2D eigenvalue weighted by Crippen LogP contribution is 2.24. The van der Waals surface area contributed by atoms with Gasteiger partial charge in [-0.2, -0.15) is 0 Å². The number of carbonyl (C=O) groups excluding carboxylic acids is 2. The zero-order valence-corrected chi connectivity index (χ0v) is 21.0. The van der Waals surface area contributed by atoms with Gasteiger partial charge in [-0.25, -0.2) is 4.79 Å². The Morgan fingerprint density at radius 3 is 2.86 bits per heavy atom. The quantitative estimate of drug-likeness (QED) is 0.359. The van der Waals surface area contributed by atoms with Gasteiger partial charge in [0.1, 0.15) is 5.75 Å². The molecule has 0 spiro atoms. The first-order valence-corrected chi connectivity index (χ1v) is 12.5. The van der Waals surface area contributed by atoms with Crippen molar-refractivity contribution in [1.82, 2.24) is 4.90 Å². The molecule has 0 radical (unpaired) electrons. The fraction of sp³-hybridized carbons (Fsp3) is 0.464. The van der Waals surface area contributed by atoms with E-state index in [2.05, 4.69) is 11.7 Å². The largest absolute Gasteiger partial charge is 0.508 e. The molecule has 0 saturated carbocycles. The molecule has 1 fully saturated rings. The van der Waals surface area contributed by atoms with Crippen LogP contribution < -0.4 is 0 Å². The highest BCUT2D eigenvalue weighted by molar-refractivity contribution is 6.00. The zero-order valence-electron chi connectivity index (χ0n) is 21.0. The molecular weight excluding hydrogens is 460 g/mol. The van der Waals surface area contributed by atoms with Gasteiger partial charge in [-0.1, -0.05) is 29.5 Å².